The highest BCUT2D eigenvalue weighted by Crippen LogP contribution is 2.19. The molecule has 1 saturated heterocycles. The zero-order valence-corrected chi connectivity index (χ0v) is 13.3. The third-order valence-corrected chi connectivity index (χ3v) is 4.06. The summed E-state index contributed by atoms with van der Waals surface area (Å²) in [5.74, 6) is 0.0911. The number of amides is 1. The van der Waals surface area contributed by atoms with Crippen LogP contribution in [0.25, 0.3) is 0 Å². The average Bonchev–Trinajstić information content (AvgIpc) is 2.48. The maximum Gasteiger partial charge on any atom is 0.248 e. The van der Waals surface area contributed by atoms with Gasteiger partial charge in [-0.1, -0.05) is 25.1 Å². The van der Waals surface area contributed by atoms with Crippen molar-refractivity contribution >= 4 is 5.91 Å². The molecular formula is C17H26N2O2. The van der Waals surface area contributed by atoms with Crippen LogP contribution in [0.3, 0.4) is 0 Å². The van der Waals surface area contributed by atoms with Gasteiger partial charge in [0.1, 0.15) is 6.61 Å². The Balaban J connectivity index is 2.12. The van der Waals surface area contributed by atoms with E-state index in [1.807, 2.05) is 4.90 Å². The van der Waals surface area contributed by atoms with Crippen molar-refractivity contribution in [3.05, 3.63) is 34.9 Å². The van der Waals surface area contributed by atoms with Gasteiger partial charge in [0.25, 0.3) is 0 Å². The van der Waals surface area contributed by atoms with Crippen LogP contribution in [-0.4, -0.2) is 43.7 Å². The van der Waals surface area contributed by atoms with Crippen LogP contribution in [0.5, 0.6) is 0 Å². The van der Waals surface area contributed by atoms with Gasteiger partial charge in [-0.05, 0) is 43.5 Å². The third kappa shape index (κ3) is 4.29. The van der Waals surface area contributed by atoms with Gasteiger partial charge in [-0.25, -0.2) is 0 Å². The number of benzene rings is 1. The molecule has 21 heavy (non-hydrogen) atoms. The summed E-state index contributed by atoms with van der Waals surface area (Å²) in [5.41, 5.74) is 3.85. The number of aryl methyl sites for hydroxylation is 2. The number of carbonyl (C=O) groups excluding carboxylic acids is 1. The summed E-state index contributed by atoms with van der Waals surface area (Å²) in [6.07, 6.45) is 1.08. The van der Waals surface area contributed by atoms with E-state index < -0.39 is 0 Å². The Hall–Kier alpha value is -1.39. The molecule has 0 spiro atoms. The number of morpholine rings is 1. The Kier molecular flexibility index (Phi) is 5.76. The third-order valence-electron chi connectivity index (χ3n) is 4.06. The molecule has 116 valence electrons. The maximum absolute atomic E-state index is 11.9. The fourth-order valence-corrected chi connectivity index (χ4v) is 2.55. The molecule has 0 aliphatic carbocycles. The molecule has 1 atom stereocenters. The Morgan fingerprint density at radius 2 is 2.14 bits per heavy atom. The predicted octanol–water partition coefficient (Wildman–Crippen LogP) is 2.20. The van der Waals surface area contributed by atoms with Crippen molar-refractivity contribution in [2.75, 3.05) is 32.8 Å². The number of rotatable bonds is 6. The lowest BCUT2D eigenvalue weighted by Crippen LogP contribution is -2.45. The molecule has 1 aromatic carbocycles. The predicted molar refractivity (Wildman–Crippen MR) is 84.3 cm³/mol. The topological polar surface area (TPSA) is 41.6 Å². The van der Waals surface area contributed by atoms with E-state index in [0.717, 1.165) is 13.0 Å². The van der Waals surface area contributed by atoms with E-state index in [1.54, 1.807) is 0 Å². The van der Waals surface area contributed by atoms with Crippen LogP contribution in [-0.2, 0) is 9.53 Å². The molecule has 0 bridgehead atoms. The largest absolute Gasteiger partial charge is 0.370 e. The van der Waals surface area contributed by atoms with Crippen molar-refractivity contribution in [1.82, 2.24) is 10.2 Å². The average molecular weight is 290 g/mol. The molecule has 1 heterocycles. The van der Waals surface area contributed by atoms with Crippen LogP contribution in [0.2, 0.25) is 0 Å². The molecule has 0 radical (unpaired) electrons. The fraction of sp³-hybridized carbons (Fsp3) is 0.588. The van der Waals surface area contributed by atoms with Gasteiger partial charge in [-0.3, -0.25) is 4.79 Å². The highest BCUT2D eigenvalue weighted by atomic mass is 16.5. The molecule has 1 unspecified atom stereocenters. The number of hydrogen-bond donors (Lipinski definition) is 1. The Labute approximate surface area is 127 Å². The second-order valence-electron chi connectivity index (χ2n) is 5.74. The molecular weight excluding hydrogens is 264 g/mol. The van der Waals surface area contributed by atoms with Crippen molar-refractivity contribution in [2.24, 2.45) is 0 Å². The van der Waals surface area contributed by atoms with Crippen molar-refractivity contribution < 1.29 is 9.53 Å². The monoisotopic (exact) mass is 290 g/mol. The summed E-state index contributed by atoms with van der Waals surface area (Å²) < 4.78 is 5.20. The van der Waals surface area contributed by atoms with Crippen LogP contribution in [0.4, 0.5) is 0 Å². The van der Waals surface area contributed by atoms with Crippen LogP contribution in [0, 0.1) is 13.8 Å². The summed E-state index contributed by atoms with van der Waals surface area (Å²) in [4.78, 5) is 13.8. The zero-order chi connectivity index (χ0) is 15.2. The summed E-state index contributed by atoms with van der Waals surface area (Å²) in [5, 5.41) is 3.57. The van der Waals surface area contributed by atoms with Gasteiger partial charge in [-0.15, -0.1) is 0 Å². The fourth-order valence-electron chi connectivity index (χ4n) is 2.55. The summed E-state index contributed by atoms with van der Waals surface area (Å²) in [7, 11) is 0. The number of ether oxygens (including phenoxy) is 1. The zero-order valence-electron chi connectivity index (χ0n) is 13.3. The highest BCUT2D eigenvalue weighted by molar-refractivity contribution is 5.78. The standard InChI is InChI=1S/C17H26N2O2/c1-4-7-18-16(11-19-8-9-21-12-17(19)20)15-6-5-13(2)14(3)10-15/h5-6,10,16,18H,4,7-9,11-12H2,1-3H3. The van der Waals surface area contributed by atoms with Gasteiger partial charge in [0.05, 0.1) is 6.61 Å². The van der Waals surface area contributed by atoms with E-state index in [0.29, 0.717) is 19.7 Å². The van der Waals surface area contributed by atoms with Crippen molar-refractivity contribution in [2.45, 2.75) is 33.2 Å². The second kappa shape index (κ2) is 7.57. The molecule has 1 N–H and O–H groups in total. The van der Waals surface area contributed by atoms with Crippen molar-refractivity contribution in [1.29, 1.82) is 0 Å². The minimum absolute atomic E-state index is 0.0911. The molecule has 0 aromatic heterocycles. The van der Waals surface area contributed by atoms with Crippen LogP contribution >= 0.6 is 0 Å². The molecule has 1 aliphatic rings. The van der Waals surface area contributed by atoms with E-state index in [2.05, 4.69) is 44.3 Å². The van der Waals surface area contributed by atoms with E-state index >= 15 is 0 Å². The van der Waals surface area contributed by atoms with Crippen molar-refractivity contribution in [3.63, 3.8) is 0 Å². The normalized spacial score (nSPS) is 17.1. The Morgan fingerprint density at radius 3 is 2.81 bits per heavy atom. The van der Waals surface area contributed by atoms with Gasteiger partial charge in [-0.2, -0.15) is 0 Å². The molecule has 1 amide bonds. The number of hydrogen-bond acceptors (Lipinski definition) is 3. The summed E-state index contributed by atoms with van der Waals surface area (Å²) in [6, 6.07) is 6.74. The molecule has 1 aromatic rings. The van der Waals surface area contributed by atoms with Crippen molar-refractivity contribution in [3.8, 4) is 0 Å². The lowest BCUT2D eigenvalue weighted by Gasteiger charge is -2.31. The number of nitrogens with zero attached hydrogens (tertiary/aromatic N) is 1. The van der Waals surface area contributed by atoms with Crippen LogP contribution in [0.1, 0.15) is 36.1 Å². The lowest BCUT2D eigenvalue weighted by atomic mass is 10.0. The second-order valence-corrected chi connectivity index (χ2v) is 5.74. The first-order valence-corrected chi connectivity index (χ1v) is 7.78. The van der Waals surface area contributed by atoms with E-state index in [9.17, 15) is 4.79 Å². The number of nitrogens with one attached hydrogen (secondary N) is 1. The first-order valence-electron chi connectivity index (χ1n) is 7.78. The summed E-state index contributed by atoms with van der Waals surface area (Å²) in [6.45, 7) is 9.63. The molecule has 4 nitrogen and oxygen atoms in total. The highest BCUT2D eigenvalue weighted by Gasteiger charge is 2.23. The smallest absolute Gasteiger partial charge is 0.248 e. The number of carbonyl (C=O) groups is 1. The van der Waals surface area contributed by atoms with Crippen LogP contribution < -0.4 is 5.32 Å². The Bertz CT molecular complexity index is 488. The lowest BCUT2D eigenvalue weighted by molar-refractivity contribution is -0.143. The molecule has 2 rings (SSSR count). The molecule has 1 aliphatic heterocycles. The first-order chi connectivity index (χ1) is 10.1. The molecule has 4 heteroatoms. The Morgan fingerprint density at radius 1 is 1.33 bits per heavy atom. The first kappa shape index (κ1) is 16.0. The SMILES string of the molecule is CCCNC(CN1CCOCC1=O)c1ccc(C)c(C)c1. The van der Waals surface area contributed by atoms with E-state index in [4.69, 9.17) is 4.74 Å². The van der Waals surface area contributed by atoms with Gasteiger partial charge in [0.15, 0.2) is 0 Å². The molecule has 0 saturated carbocycles. The minimum atomic E-state index is 0.0911. The van der Waals surface area contributed by atoms with Gasteiger partial charge in [0.2, 0.25) is 5.91 Å². The summed E-state index contributed by atoms with van der Waals surface area (Å²) >= 11 is 0. The quantitative estimate of drug-likeness (QED) is 0.873. The van der Waals surface area contributed by atoms with E-state index in [-0.39, 0.29) is 18.6 Å². The molecule has 1 fully saturated rings. The maximum atomic E-state index is 11.9. The van der Waals surface area contributed by atoms with Gasteiger partial charge >= 0.3 is 0 Å². The van der Waals surface area contributed by atoms with Gasteiger partial charge in [0, 0.05) is 19.1 Å². The van der Waals surface area contributed by atoms with E-state index in [1.165, 1.54) is 16.7 Å². The minimum Gasteiger partial charge on any atom is -0.370 e. The van der Waals surface area contributed by atoms with Crippen LogP contribution in [0.15, 0.2) is 18.2 Å². The van der Waals surface area contributed by atoms with Gasteiger partial charge < -0.3 is 15.0 Å².